The number of carboxylic acids is 1. The van der Waals surface area contributed by atoms with Crippen LogP contribution in [0.4, 0.5) is 0 Å². The maximum Gasteiger partial charge on any atom is 0.329 e. The van der Waals surface area contributed by atoms with E-state index in [1.165, 1.54) is 6.20 Å². The number of carbonyl (C=O) groups is 2. The Labute approximate surface area is 127 Å². The number of amides is 1. The van der Waals surface area contributed by atoms with Gasteiger partial charge in [-0.05, 0) is 50.8 Å². The lowest BCUT2D eigenvalue weighted by Gasteiger charge is -2.25. The number of hydrogen-bond acceptors (Lipinski definition) is 3. The van der Waals surface area contributed by atoms with E-state index in [-0.39, 0.29) is 5.69 Å². The number of carboxylic acid groups (broad SMARTS) is 1. The maximum absolute atomic E-state index is 12.2. The van der Waals surface area contributed by atoms with Crippen molar-refractivity contribution < 1.29 is 14.7 Å². The van der Waals surface area contributed by atoms with Crippen LogP contribution < -0.4 is 5.32 Å². The van der Waals surface area contributed by atoms with Crippen LogP contribution in [0.3, 0.4) is 0 Å². The second-order valence-corrected chi connectivity index (χ2v) is 6.30. The van der Waals surface area contributed by atoms with Gasteiger partial charge in [-0.15, -0.1) is 0 Å². The maximum atomic E-state index is 12.2. The Morgan fingerprint density at radius 2 is 1.95 bits per heavy atom. The van der Waals surface area contributed by atoms with E-state index in [2.05, 4.69) is 42.2 Å². The average molecular weight is 392 g/mol. The number of nitrogens with one attached hydrogen (secondary N) is 1. The number of rotatable bonds is 3. The SMILES string of the molecule is O=C(NC1(C(=O)O)CCCC1)c1ncc(Br)cc1Br. The summed E-state index contributed by atoms with van der Waals surface area (Å²) in [6, 6.07) is 1.70. The van der Waals surface area contributed by atoms with Crippen molar-refractivity contribution in [2.75, 3.05) is 0 Å². The van der Waals surface area contributed by atoms with Gasteiger partial charge in [0.2, 0.25) is 0 Å². The van der Waals surface area contributed by atoms with E-state index in [0.29, 0.717) is 17.3 Å². The van der Waals surface area contributed by atoms with Gasteiger partial charge in [0.1, 0.15) is 11.2 Å². The third-order valence-corrected chi connectivity index (χ3v) is 4.28. The van der Waals surface area contributed by atoms with Crippen molar-refractivity contribution >= 4 is 43.7 Å². The number of hydrogen-bond donors (Lipinski definition) is 2. The molecule has 2 N–H and O–H groups in total. The highest BCUT2D eigenvalue weighted by Crippen LogP contribution is 2.30. The summed E-state index contributed by atoms with van der Waals surface area (Å²) in [5.41, 5.74) is -0.957. The third-order valence-electron chi connectivity index (χ3n) is 3.24. The summed E-state index contributed by atoms with van der Waals surface area (Å²) in [7, 11) is 0. The number of nitrogens with zero attached hydrogens (tertiary/aromatic N) is 1. The molecule has 1 amide bonds. The summed E-state index contributed by atoms with van der Waals surface area (Å²) < 4.78 is 1.27. The molecule has 0 radical (unpaired) electrons. The third kappa shape index (κ3) is 2.97. The van der Waals surface area contributed by atoms with Crippen molar-refractivity contribution in [2.45, 2.75) is 31.2 Å². The van der Waals surface area contributed by atoms with E-state index in [4.69, 9.17) is 0 Å². The average Bonchev–Trinajstić information content (AvgIpc) is 2.78. The molecule has 1 heterocycles. The van der Waals surface area contributed by atoms with Crippen molar-refractivity contribution in [3.8, 4) is 0 Å². The Balaban J connectivity index is 2.22. The first-order valence-electron chi connectivity index (χ1n) is 5.81. The Morgan fingerprint density at radius 1 is 1.32 bits per heavy atom. The quantitative estimate of drug-likeness (QED) is 0.830. The first-order chi connectivity index (χ1) is 8.94. The lowest BCUT2D eigenvalue weighted by molar-refractivity contribution is -0.144. The zero-order valence-corrected chi connectivity index (χ0v) is 13.1. The Kier molecular flexibility index (Phi) is 4.25. The van der Waals surface area contributed by atoms with Crippen molar-refractivity contribution in [3.05, 3.63) is 26.9 Å². The molecule has 1 aromatic rings. The van der Waals surface area contributed by atoms with Gasteiger partial charge in [0.05, 0.1) is 4.47 Å². The van der Waals surface area contributed by atoms with Gasteiger partial charge in [-0.25, -0.2) is 9.78 Å². The molecule has 0 aromatic carbocycles. The van der Waals surface area contributed by atoms with Gasteiger partial charge < -0.3 is 10.4 Å². The number of carbonyl (C=O) groups excluding carboxylic acids is 1. The Hall–Kier alpha value is -0.950. The Morgan fingerprint density at radius 3 is 2.47 bits per heavy atom. The second kappa shape index (κ2) is 5.58. The van der Waals surface area contributed by atoms with Gasteiger partial charge in [-0.2, -0.15) is 0 Å². The number of pyridine rings is 1. The first-order valence-corrected chi connectivity index (χ1v) is 7.40. The molecule has 1 aliphatic carbocycles. The second-order valence-electron chi connectivity index (χ2n) is 4.53. The molecule has 19 heavy (non-hydrogen) atoms. The minimum Gasteiger partial charge on any atom is -0.480 e. The molecule has 7 heteroatoms. The molecule has 0 unspecified atom stereocenters. The number of aliphatic carboxylic acids is 1. The predicted molar refractivity (Wildman–Crippen MR) is 75.9 cm³/mol. The molecular weight excluding hydrogens is 380 g/mol. The van der Waals surface area contributed by atoms with Crippen LogP contribution in [0.15, 0.2) is 21.2 Å². The highest BCUT2D eigenvalue weighted by molar-refractivity contribution is 9.11. The summed E-state index contributed by atoms with van der Waals surface area (Å²) in [6.45, 7) is 0. The van der Waals surface area contributed by atoms with E-state index in [9.17, 15) is 14.7 Å². The predicted octanol–water partition coefficient (Wildman–Crippen LogP) is 2.73. The first kappa shape index (κ1) is 14.5. The fraction of sp³-hybridized carbons (Fsp3) is 0.417. The van der Waals surface area contributed by atoms with E-state index in [0.717, 1.165) is 17.3 Å². The van der Waals surface area contributed by atoms with E-state index in [1.807, 2.05) is 0 Å². The van der Waals surface area contributed by atoms with Crippen LogP contribution in [0.1, 0.15) is 36.2 Å². The number of aromatic nitrogens is 1. The van der Waals surface area contributed by atoms with Gasteiger partial charge in [-0.3, -0.25) is 4.79 Å². The topological polar surface area (TPSA) is 79.3 Å². The van der Waals surface area contributed by atoms with Gasteiger partial charge in [0, 0.05) is 10.7 Å². The smallest absolute Gasteiger partial charge is 0.329 e. The molecule has 0 spiro atoms. The molecule has 1 fully saturated rings. The van der Waals surface area contributed by atoms with Gasteiger partial charge in [0.15, 0.2) is 0 Å². The summed E-state index contributed by atoms with van der Waals surface area (Å²) in [5.74, 6) is -1.45. The molecule has 2 rings (SSSR count). The minimum atomic E-state index is -1.15. The summed E-state index contributed by atoms with van der Waals surface area (Å²) >= 11 is 6.50. The Bertz CT molecular complexity index is 528. The van der Waals surface area contributed by atoms with Crippen molar-refractivity contribution in [2.24, 2.45) is 0 Å². The summed E-state index contributed by atoms with van der Waals surface area (Å²) in [6.07, 6.45) is 4.04. The van der Waals surface area contributed by atoms with Crippen LogP contribution in [0.5, 0.6) is 0 Å². The monoisotopic (exact) mass is 390 g/mol. The van der Waals surface area contributed by atoms with Crippen LogP contribution >= 0.6 is 31.9 Å². The molecular formula is C12H12Br2N2O3. The fourth-order valence-electron chi connectivity index (χ4n) is 2.23. The standard InChI is InChI=1S/C12H12Br2N2O3/c13-7-5-8(14)9(15-6-7)10(17)16-12(11(18)19)3-1-2-4-12/h5-6H,1-4H2,(H,16,17)(H,18,19). The zero-order chi connectivity index (χ0) is 14.0. The lowest BCUT2D eigenvalue weighted by Crippen LogP contribution is -2.52. The van der Waals surface area contributed by atoms with Crippen LogP contribution in [0.25, 0.3) is 0 Å². The normalized spacial score (nSPS) is 17.2. The highest BCUT2D eigenvalue weighted by Gasteiger charge is 2.43. The van der Waals surface area contributed by atoms with Crippen molar-refractivity contribution in [3.63, 3.8) is 0 Å². The number of halogens is 2. The summed E-state index contributed by atoms with van der Waals surface area (Å²) in [4.78, 5) is 27.5. The molecule has 1 aromatic heterocycles. The largest absolute Gasteiger partial charge is 0.480 e. The molecule has 0 saturated heterocycles. The molecule has 1 aliphatic rings. The van der Waals surface area contributed by atoms with E-state index >= 15 is 0 Å². The minimum absolute atomic E-state index is 0.190. The van der Waals surface area contributed by atoms with Crippen molar-refractivity contribution in [1.29, 1.82) is 0 Å². The molecule has 5 nitrogen and oxygen atoms in total. The summed E-state index contributed by atoms with van der Waals surface area (Å²) in [5, 5.41) is 11.9. The van der Waals surface area contributed by atoms with E-state index < -0.39 is 17.4 Å². The zero-order valence-electron chi connectivity index (χ0n) is 9.95. The van der Waals surface area contributed by atoms with Crippen LogP contribution in [0.2, 0.25) is 0 Å². The van der Waals surface area contributed by atoms with Crippen molar-refractivity contribution in [1.82, 2.24) is 10.3 Å². The molecule has 0 atom stereocenters. The van der Waals surface area contributed by atoms with Crippen LogP contribution in [-0.2, 0) is 4.79 Å². The van der Waals surface area contributed by atoms with Gasteiger partial charge in [0.25, 0.3) is 5.91 Å². The van der Waals surface area contributed by atoms with Gasteiger partial charge in [-0.1, -0.05) is 12.8 Å². The molecule has 102 valence electrons. The van der Waals surface area contributed by atoms with Crippen LogP contribution in [0, 0.1) is 0 Å². The van der Waals surface area contributed by atoms with Crippen LogP contribution in [-0.4, -0.2) is 27.5 Å². The molecule has 0 aliphatic heterocycles. The molecule has 0 bridgehead atoms. The molecule has 1 saturated carbocycles. The van der Waals surface area contributed by atoms with Gasteiger partial charge >= 0.3 is 5.97 Å². The van der Waals surface area contributed by atoms with E-state index in [1.54, 1.807) is 6.07 Å². The highest BCUT2D eigenvalue weighted by atomic mass is 79.9. The lowest BCUT2D eigenvalue weighted by atomic mass is 9.97. The fourth-order valence-corrected chi connectivity index (χ4v) is 3.40.